The van der Waals surface area contributed by atoms with Crippen LogP contribution in [0.4, 0.5) is 0 Å². The van der Waals surface area contributed by atoms with Crippen LogP contribution in [0.1, 0.15) is 65.2 Å². The molecule has 162 valence electrons. The maximum atomic E-state index is 6.26. The standard InChI is InChI=1S/C22H31O2S.3CH3.Sn/c1-3-5-7-9-15-23-19-13-14-20(22-12-11-17-25-22)21(18-19)24-16-10-8-6-4-2;;;;/h11-14,18H,3-10,15-16H2,1-2H3;3*1H3;. The van der Waals surface area contributed by atoms with Gasteiger partial charge in [0.05, 0.1) is 0 Å². The molecule has 0 aliphatic rings. The van der Waals surface area contributed by atoms with Gasteiger partial charge in [0, 0.05) is 0 Å². The molecule has 0 unspecified atom stereocenters. The third kappa shape index (κ3) is 8.53. The van der Waals surface area contributed by atoms with Crippen LogP contribution in [0.15, 0.2) is 30.3 Å². The zero-order valence-electron chi connectivity index (χ0n) is 19.2. The van der Waals surface area contributed by atoms with Gasteiger partial charge in [0.15, 0.2) is 0 Å². The number of hydrogen-bond acceptors (Lipinski definition) is 3. The van der Waals surface area contributed by atoms with Crippen molar-refractivity contribution in [2.45, 2.75) is 80.0 Å². The van der Waals surface area contributed by atoms with Crippen LogP contribution < -0.4 is 12.4 Å². The molecule has 0 saturated carbocycles. The van der Waals surface area contributed by atoms with Crippen molar-refractivity contribution in [3.05, 3.63) is 30.3 Å². The number of benzene rings is 1. The molecular formula is C25H40O2SSn. The van der Waals surface area contributed by atoms with Crippen molar-refractivity contribution >= 4 is 32.6 Å². The second-order valence-electron chi connectivity index (χ2n) is 8.89. The fourth-order valence-electron chi connectivity index (χ4n) is 3.23. The monoisotopic (exact) mass is 524 g/mol. The van der Waals surface area contributed by atoms with Gasteiger partial charge in [-0.1, -0.05) is 13.3 Å². The predicted molar refractivity (Wildman–Crippen MR) is 132 cm³/mol. The van der Waals surface area contributed by atoms with Crippen LogP contribution in [0.25, 0.3) is 10.4 Å². The Hall–Kier alpha value is -0.681. The van der Waals surface area contributed by atoms with Crippen LogP contribution in [-0.4, -0.2) is 31.6 Å². The van der Waals surface area contributed by atoms with Gasteiger partial charge in [0.1, 0.15) is 0 Å². The Labute approximate surface area is 186 Å². The first-order chi connectivity index (χ1) is 14.0. The van der Waals surface area contributed by atoms with E-state index in [1.165, 1.54) is 49.0 Å². The van der Waals surface area contributed by atoms with Crippen molar-refractivity contribution in [3.8, 4) is 21.9 Å². The molecule has 0 radical (unpaired) electrons. The van der Waals surface area contributed by atoms with E-state index < -0.39 is 18.4 Å². The molecule has 1 aromatic carbocycles. The molecule has 0 aliphatic carbocycles. The van der Waals surface area contributed by atoms with Crippen LogP contribution in [-0.2, 0) is 0 Å². The molecule has 29 heavy (non-hydrogen) atoms. The molecule has 0 aliphatic heterocycles. The zero-order valence-corrected chi connectivity index (χ0v) is 22.9. The summed E-state index contributed by atoms with van der Waals surface area (Å²) in [6.45, 7) is 6.05. The molecule has 0 atom stereocenters. The second-order valence-corrected chi connectivity index (χ2v) is 25.4. The van der Waals surface area contributed by atoms with E-state index in [0.29, 0.717) is 0 Å². The van der Waals surface area contributed by atoms with Gasteiger partial charge in [-0.15, -0.1) is 0 Å². The van der Waals surface area contributed by atoms with E-state index >= 15 is 0 Å². The normalized spacial score (nSPS) is 11.6. The van der Waals surface area contributed by atoms with E-state index in [0.717, 1.165) is 37.6 Å². The summed E-state index contributed by atoms with van der Waals surface area (Å²) in [6, 6.07) is 11.0. The number of hydrogen-bond donors (Lipinski definition) is 0. The van der Waals surface area contributed by atoms with Gasteiger partial charge in [0.2, 0.25) is 0 Å². The van der Waals surface area contributed by atoms with Gasteiger partial charge in [-0.2, -0.15) is 0 Å². The van der Waals surface area contributed by atoms with Crippen molar-refractivity contribution < 1.29 is 9.47 Å². The minimum absolute atomic E-state index is 0.781. The first-order valence-corrected chi connectivity index (χ1v) is 22.3. The van der Waals surface area contributed by atoms with Crippen molar-refractivity contribution in [2.75, 3.05) is 13.2 Å². The Bertz CT molecular complexity index is 718. The summed E-state index contributed by atoms with van der Waals surface area (Å²) in [5, 5.41) is 0. The Morgan fingerprint density at radius 3 is 2.00 bits per heavy atom. The number of thiophene rings is 1. The predicted octanol–water partition coefficient (Wildman–Crippen LogP) is 7.88. The van der Waals surface area contributed by atoms with Gasteiger partial charge >= 0.3 is 174 Å². The average molecular weight is 523 g/mol. The van der Waals surface area contributed by atoms with Crippen molar-refractivity contribution in [2.24, 2.45) is 0 Å². The third-order valence-corrected chi connectivity index (χ3v) is 15.7. The molecule has 0 bridgehead atoms. The first kappa shape index (κ1) is 24.6. The Morgan fingerprint density at radius 1 is 0.759 bits per heavy atom. The Morgan fingerprint density at radius 2 is 1.41 bits per heavy atom. The summed E-state index contributed by atoms with van der Waals surface area (Å²) in [5.74, 6) is 1.91. The molecule has 0 spiro atoms. The van der Waals surface area contributed by atoms with E-state index in [4.69, 9.17) is 9.47 Å². The summed E-state index contributed by atoms with van der Waals surface area (Å²) in [7, 11) is 0. The molecule has 1 heterocycles. The quantitative estimate of drug-likeness (QED) is 0.185. The summed E-state index contributed by atoms with van der Waals surface area (Å²) in [6.07, 6.45) is 9.79. The van der Waals surface area contributed by atoms with E-state index in [1.807, 2.05) is 11.3 Å². The molecule has 0 fully saturated rings. The van der Waals surface area contributed by atoms with Gasteiger partial charge in [-0.05, 0) is 0 Å². The molecule has 2 rings (SSSR count). The summed E-state index contributed by atoms with van der Waals surface area (Å²) in [4.78, 5) is 8.76. The van der Waals surface area contributed by atoms with Crippen molar-refractivity contribution in [1.82, 2.24) is 0 Å². The fourth-order valence-corrected chi connectivity index (χ4v) is 9.55. The third-order valence-electron chi connectivity index (χ3n) is 5.09. The zero-order chi connectivity index (χ0) is 21.1. The van der Waals surface area contributed by atoms with Gasteiger partial charge in [-0.25, -0.2) is 0 Å². The SMILES string of the molecule is CCCCCCOc1ccc(-c2cc[c]([Sn]([CH3])([CH3])[CH3])s2)c(OCCCCCC)c1. The molecule has 0 saturated heterocycles. The summed E-state index contributed by atoms with van der Waals surface area (Å²) in [5.41, 5.74) is 1.21. The minimum atomic E-state index is -2.04. The van der Waals surface area contributed by atoms with Crippen LogP contribution >= 0.6 is 11.3 Å². The fraction of sp³-hybridized carbons (Fsp3) is 0.600. The van der Waals surface area contributed by atoms with Crippen LogP contribution in [0.2, 0.25) is 14.8 Å². The van der Waals surface area contributed by atoms with E-state index in [-0.39, 0.29) is 0 Å². The molecule has 4 heteroatoms. The Kier molecular flexibility index (Phi) is 10.9. The van der Waals surface area contributed by atoms with E-state index in [9.17, 15) is 0 Å². The second kappa shape index (κ2) is 12.9. The summed E-state index contributed by atoms with van der Waals surface area (Å²) >= 11 is -0.0787. The first-order valence-electron chi connectivity index (χ1n) is 11.5. The van der Waals surface area contributed by atoms with Gasteiger partial charge in [0.25, 0.3) is 0 Å². The van der Waals surface area contributed by atoms with E-state index in [1.54, 1.807) is 2.89 Å². The summed E-state index contributed by atoms with van der Waals surface area (Å²) < 4.78 is 13.9. The Balaban J connectivity index is 2.12. The molecule has 0 amide bonds. The average Bonchev–Trinajstić information content (AvgIpc) is 3.18. The molecular weight excluding hydrogens is 483 g/mol. The molecule has 2 aromatic rings. The number of unbranched alkanes of at least 4 members (excludes halogenated alkanes) is 6. The molecule has 2 nitrogen and oxygen atoms in total. The van der Waals surface area contributed by atoms with E-state index in [2.05, 4.69) is 59.0 Å². The van der Waals surface area contributed by atoms with Crippen LogP contribution in [0, 0.1) is 0 Å². The van der Waals surface area contributed by atoms with Gasteiger partial charge < -0.3 is 0 Å². The number of rotatable bonds is 14. The van der Waals surface area contributed by atoms with Crippen molar-refractivity contribution in [3.63, 3.8) is 0 Å². The molecule has 1 aromatic heterocycles. The maximum absolute atomic E-state index is 6.26. The molecule has 0 N–H and O–H groups in total. The van der Waals surface area contributed by atoms with Crippen LogP contribution in [0.3, 0.4) is 0 Å². The topological polar surface area (TPSA) is 18.5 Å². The van der Waals surface area contributed by atoms with Crippen molar-refractivity contribution in [1.29, 1.82) is 0 Å². The van der Waals surface area contributed by atoms with Crippen LogP contribution in [0.5, 0.6) is 11.5 Å². The number of ether oxygens (including phenoxy) is 2. The van der Waals surface area contributed by atoms with Gasteiger partial charge in [-0.3, -0.25) is 0 Å².